The molecule has 2 fully saturated rings. The molecular formula is C16H23N3O2. The second kappa shape index (κ2) is 6.87. The van der Waals surface area contributed by atoms with Crippen molar-refractivity contribution in [2.45, 2.75) is 51.0 Å². The number of amides is 1. The predicted octanol–water partition coefficient (Wildman–Crippen LogP) is 2.43. The van der Waals surface area contributed by atoms with E-state index in [1.807, 2.05) is 4.90 Å². The van der Waals surface area contributed by atoms with Gasteiger partial charge in [-0.1, -0.05) is 19.3 Å². The van der Waals surface area contributed by atoms with Gasteiger partial charge in [0.05, 0.1) is 6.54 Å². The highest BCUT2D eigenvalue weighted by Crippen LogP contribution is 2.27. The first-order chi connectivity index (χ1) is 10.3. The Morgan fingerprint density at radius 1 is 1.19 bits per heavy atom. The van der Waals surface area contributed by atoms with E-state index in [2.05, 4.69) is 9.97 Å². The third-order valence-corrected chi connectivity index (χ3v) is 4.49. The van der Waals surface area contributed by atoms with E-state index < -0.39 is 0 Å². The first kappa shape index (κ1) is 14.3. The van der Waals surface area contributed by atoms with Gasteiger partial charge in [0.25, 0.3) is 0 Å². The van der Waals surface area contributed by atoms with Gasteiger partial charge in [0.1, 0.15) is 12.4 Å². The minimum Gasteiger partial charge on any atom is -0.472 e. The fourth-order valence-electron chi connectivity index (χ4n) is 3.36. The van der Waals surface area contributed by atoms with Crippen LogP contribution in [0.15, 0.2) is 18.6 Å². The van der Waals surface area contributed by atoms with Crippen molar-refractivity contribution in [3.8, 4) is 5.88 Å². The molecule has 2 aliphatic rings. The Kier molecular flexibility index (Phi) is 4.68. The number of ether oxygens (including phenoxy) is 1. The van der Waals surface area contributed by atoms with Crippen LogP contribution in [0.3, 0.4) is 0 Å². The number of carbonyl (C=O) groups is 1. The summed E-state index contributed by atoms with van der Waals surface area (Å²) in [4.78, 5) is 22.6. The lowest BCUT2D eigenvalue weighted by Crippen LogP contribution is -2.47. The maximum Gasteiger partial charge on any atom is 0.225 e. The number of rotatable bonds is 3. The lowest BCUT2D eigenvalue weighted by Gasteiger charge is -2.35. The average molecular weight is 289 g/mol. The summed E-state index contributed by atoms with van der Waals surface area (Å²) >= 11 is 0. The van der Waals surface area contributed by atoms with Crippen molar-refractivity contribution in [1.29, 1.82) is 0 Å². The lowest BCUT2D eigenvalue weighted by molar-refractivity contribution is -0.139. The predicted molar refractivity (Wildman–Crippen MR) is 78.8 cm³/mol. The van der Waals surface area contributed by atoms with E-state index in [4.69, 9.17) is 4.74 Å². The molecule has 3 rings (SSSR count). The van der Waals surface area contributed by atoms with E-state index in [1.165, 1.54) is 25.6 Å². The first-order valence-corrected chi connectivity index (χ1v) is 8.04. The third kappa shape index (κ3) is 3.71. The molecule has 5 nitrogen and oxygen atoms in total. The van der Waals surface area contributed by atoms with Crippen LogP contribution in [0.1, 0.15) is 44.9 Å². The Bertz CT molecular complexity index is 460. The highest BCUT2D eigenvalue weighted by Gasteiger charge is 2.30. The van der Waals surface area contributed by atoms with Gasteiger partial charge in [-0.2, -0.15) is 0 Å². The van der Waals surface area contributed by atoms with Gasteiger partial charge in [0.15, 0.2) is 0 Å². The van der Waals surface area contributed by atoms with Crippen LogP contribution in [-0.2, 0) is 4.79 Å². The van der Waals surface area contributed by atoms with Crippen molar-refractivity contribution in [3.05, 3.63) is 18.6 Å². The highest BCUT2D eigenvalue weighted by molar-refractivity contribution is 5.79. The minimum absolute atomic E-state index is 0.0567. The van der Waals surface area contributed by atoms with Crippen LogP contribution in [-0.4, -0.2) is 40.0 Å². The number of nitrogens with zero attached hydrogens (tertiary/aromatic N) is 3. The van der Waals surface area contributed by atoms with Crippen molar-refractivity contribution in [1.82, 2.24) is 14.9 Å². The zero-order valence-electron chi connectivity index (χ0n) is 12.4. The van der Waals surface area contributed by atoms with Gasteiger partial charge in [-0.25, -0.2) is 9.97 Å². The van der Waals surface area contributed by atoms with Crippen LogP contribution in [0.4, 0.5) is 0 Å². The smallest absolute Gasteiger partial charge is 0.225 e. The molecule has 0 unspecified atom stereocenters. The fourth-order valence-corrected chi connectivity index (χ4v) is 3.36. The molecule has 0 radical (unpaired) electrons. The molecule has 5 heteroatoms. The minimum atomic E-state index is 0.0567. The lowest BCUT2D eigenvalue weighted by atomic mass is 9.88. The molecule has 1 amide bonds. The molecule has 21 heavy (non-hydrogen) atoms. The Hall–Kier alpha value is -1.65. The Morgan fingerprint density at radius 3 is 2.81 bits per heavy atom. The highest BCUT2D eigenvalue weighted by atomic mass is 16.5. The van der Waals surface area contributed by atoms with E-state index in [1.54, 1.807) is 12.3 Å². The summed E-state index contributed by atoms with van der Waals surface area (Å²) in [6, 6.07) is 1.77. The standard InChI is InChI=1S/C16H23N3O2/c20-16(13-5-2-1-3-6-13)19-10-4-7-14(11-19)21-15-8-9-17-12-18-15/h8-9,12-14H,1-7,10-11H2/t14-/m0/s1. The first-order valence-electron chi connectivity index (χ1n) is 8.04. The second-order valence-corrected chi connectivity index (χ2v) is 6.05. The molecular weight excluding hydrogens is 266 g/mol. The summed E-state index contributed by atoms with van der Waals surface area (Å²) in [5.74, 6) is 1.18. The fraction of sp³-hybridized carbons (Fsp3) is 0.688. The molecule has 0 bridgehead atoms. The molecule has 1 aliphatic heterocycles. The SMILES string of the molecule is O=C(C1CCCCC1)N1CCC[C@H](Oc2ccncn2)C1. The maximum absolute atomic E-state index is 12.6. The molecule has 2 heterocycles. The number of aromatic nitrogens is 2. The number of hydrogen-bond donors (Lipinski definition) is 0. The van der Waals surface area contributed by atoms with Gasteiger partial charge < -0.3 is 9.64 Å². The number of hydrogen-bond acceptors (Lipinski definition) is 4. The van der Waals surface area contributed by atoms with Crippen LogP contribution >= 0.6 is 0 Å². The van der Waals surface area contributed by atoms with Gasteiger partial charge >= 0.3 is 0 Å². The van der Waals surface area contributed by atoms with Gasteiger partial charge in [-0.15, -0.1) is 0 Å². The van der Waals surface area contributed by atoms with Gasteiger partial charge in [-0.05, 0) is 25.7 Å². The summed E-state index contributed by atoms with van der Waals surface area (Å²) in [7, 11) is 0. The summed E-state index contributed by atoms with van der Waals surface area (Å²) in [5, 5.41) is 0. The summed E-state index contributed by atoms with van der Waals surface area (Å²) < 4.78 is 5.88. The van der Waals surface area contributed by atoms with Gasteiger partial charge in [0, 0.05) is 24.7 Å². The van der Waals surface area contributed by atoms with Crippen LogP contribution < -0.4 is 4.74 Å². The number of piperidine rings is 1. The Morgan fingerprint density at radius 2 is 2.05 bits per heavy atom. The third-order valence-electron chi connectivity index (χ3n) is 4.49. The monoisotopic (exact) mass is 289 g/mol. The molecule has 0 N–H and O–H groups in total. The zero-order chi connectivity index (χ0) is 14.5. The van der Waals surface area contributed by atoms with Crippen LogP contribution in [0.25, 0.3) is 0 Å². The van der Waals surface area contributed by atoms with Crippen LogP contribution in [0.2, 0.25) is 0 Å². The van der Waals surface area contributed by atoms with Crippen molar-refractivity contribution < 1.29 is 9.53 Å². The molecule has 1 saturated carbocycles. The van der Waals surface area contributed by atoms with Crippen LogP contribution in [0, 0.1) is 5.92 Å². The Balaban J connectivity index is 1.56. The van der Waals surface area contributed by atoms with E-state index >= 15 is 0 Å². The molecule has 1 aromatic rings. The maximum atomic E-state index is 12.6. The molecule has 1 saturated heterocycles. The van der Waals surface area contributed by atoms with E-state index in [9.17, 15) is 4.79 Å². The molecule has 0 spiro atoms. The van der Waals surface area contributed by atoms with E-state index in [0.29, 0.717) is 18.3 Å². The van der Waals surface area contributed by atoms with Crippen molar-refractivity contribution in [2.75, 3.05) is 13.1 Å². The summed E-state index contributed by atoms with van der Waals surface area (Å²) in [5.41, 5.74) is 0. The van der Waals surface area contributed by atoms with Gasteiger partial charge in [-0.3, -0.25) is 4.79 Å². The quantitative estimate of drug-likeness (QED) is 0.857. The molecule has 114 valence electrons. The Labute approximate surface area is 125 Å². The number of likely N-dealkylation sites (tertiary alicyclic amines) is 1. The topological polar surface area (TPSA) is 55.3 Å². The summed E-state index contributed by atoms with van der Waals surface area (Å²) in [6.07, 6.45) is 11.0. The van der Waals surface area contributed by atoms with Crippen molar-refractivity contribution in [2.24, 2.45) is 5.92 Å². The van der Waals surface area contributed by atoms with Crippen LogP contribution in [0.5, 0.6) is 5.88 Å². The van der Waals surface area contributed by atoms with Gasteiger partial charge in [0.2, 0.25) is 11.8 Å². The van der Waals surface area contributed by atoms with Crippen molar-refractivity contribution in [3.63, 3.8) is 0 Å². The largest absolute Gasteiger partial charge is 0.472 e. The summed E-state index contributed by atoms with van der Waals surface area (Å²) in [6.45, 7) is 1.57. The van der Waals surface area contributed by atoms with E-state index in [-0.39, 0.29) is 12.0 Å². The van der Waals surface area contributed by atoms with Crippen molar-refractivity contribution >= 4 is 5.91 Å². The second-order valence-electron chi connectivity index (χ2n) is 6.05. The van der Waals surface area contributed by atoms with E-state index in [0.717, 1.165) is 32.2 Å². The average Bonchev–Trinajstić information content (AvgIpc) is 2.56. The molecule has 0 aromatic carbocycles. The molecule has 1 aromatic heterocycles. The normalized spacial score (nSPS) is 23.8. The molecule has 1 aliphatic carbocycles. The number of carbonyl (C=O) groups excluding carboxylic acids is 1. The molecule has 1 atom stereocenters. The zero-order valence-corrected chi connectivity index (χ0v) is 12.4.